The van der Waals surface area contributed by atoms with Gasteiger partial charge in [-0.3, -0.25) is 9.59 Å². The first-order valence-electron chi connectivity index (χ1n) is 4.12. The molecule has 0 bridgehead atoms. The predicted octanol–water partition coefficient (Wildman–Crippen LogP) is -0.211. The van der Waals surface area contributed by atoms with Crippen molar-refractivity contribution in [3.63, 3.8) is 0 Å². The molecule has 1 aromatic heterocycles. The number of primary amides is 1. The van der Waals surface area contributed by atoms with Crippen LogP contribution in [0.4, 0.5) is 0 Å². The van der Waals surface area contributed by atoms with E-state index in [9.17, 15) is 14.4 Å². The van der Waals surface area contributed by atoms with E-state index in [2.05, 4.69) is 4.98 Å². The first kappa shape index (κ1) is 11.0. The maximum absolute atomic E-state index is 11.3. The first-order chi connectivity index (χ1) is 6.86. The van der Waals surface area contributed by atoms with E-state index in [-0.39, 0.29) is 5.56 Å². The topological polar surface area (TPSA) is 113 Å². The molecular formula is C9H10N2O4. The van der Waals surface area contributed by atoms with Crippen LogP contribution < -0.4 is 11.3 Å². The van der Waals surface area contributed by atoms with Gasteiger partial charge in [-0.2, -0.15) is 0 Å². The molecule has 1 rings (SSSR count). The van der Waals surface area contributed by atoms with Crippen LogP contribution >= 0.6 is 0 Å². The zero-order valence-corrected chi connectivity index (χ0v) is 8.25. The molecule has 0 aliphatic carbocycles. The molecule has 1 amide bonds. The second kappa shape index (κ2) is 3.56. The monoisotopic (exact) mass is 210 g/mol. The zero-order chi connectivity index (χ0) is 11.7. The Morgan fingerprint density at radius 3 is 2.20 bits per heavy atom. The Kier molecular flexibility index (Phi) is 2.61. The number of nitrogens with two attached hydrogens (primary N) is 1. The van der Waals surface area contributed by atoms with Gasteiger partial charge in [0.15, 0.2) is 0 Å². The van der Waals surface area contributed by atoms with Crippen LogP contribution in [0.5, 0.6) is 0 Å². The normalized spacial score (nSPS) is 10.0. The van der Waals surface area contributed by atoms with Gasteiger partial charge in [-0.05, 0) is 19.4 Å². The summed E-state index contributed by atoms with van der Waals surface area (Å²) < 4.78 is 0. The molecule has 0 spiro atoms. The van der Waals surface area contributed by atoms with Crippen molar-refractivity contribution in [2.45, 2.75) is 13.8 Å². The average Bonchev–Trinajstić information content (AvgIpc) is 2.09. The SMILES string of the molecule is Cc1[nH]c(=O)c(C(=O)O)c(C(N)=O)c1C. The Bertz CT molecular complexity index is 502. The number of carbonyl (C=O) groups is 2. The Labute approximate surface area is 84.7 Å². The second-order valence-electron chi connectivity index (χ2n) is 3.12. The van der Waals surface area contributed by atoms with Crippen LogP contribution in [0.2, 0.25) is 0 Å². The maximum Gasteiger partial charge on any atom is 0.342 e. The van der Waals surface area contributed by atoms with Crippen LogP contribution in [0.25, 0.3) is 0 Å². The predicted molar refractivity (Wildman–Crippen MR) is 52.0 cm³/mol. The fourth-order valence-electron chi connectivity index (χ4n) is 1.33. The molecule has 1 aromatic rings. The lowest BCUT2D eigenvalue weighted by atomic mass is 10.0. The van der Waals surface area contributed by atoms with Gasteiger partial charge in [0.1, 0.15) is 5.56 Å². The molecular weight excluding hydrogens is 200 g/mol. The van der Waals surface area contributed by atoms with Crippen molar-refractivity contribution >= 4 is 11.9 Å². The number of hydrogen-bond acceptors (Lipinski definition) is 3. The fourth-order valence-corrected chi connectivity index (χ4v) is 1.33. The molecule has 0 radical (unpaired) electrons. The summed E-state index contributed by atoms with van der Waals surface area (Å²) in [4.78, 5) is 35.5. The third kappa shape index (κ3) is 1.74. The zero-order valence-electron chi connectivity index (χ0n) is 8.25. The Balaban J connectivity index is 3.78. The number of carboxylic acids is 1. The van der Waals surface area contributed by atoms with Gasteiger partial charge in [0.25, 0.3) is 5.56 Å². The molecule has 4 N–H and O–H groups in total. The summed E-state index contributed by atoms with van der Waals surface area (Å²) in [5.41, 5.74) is 4.18. The molecule has 0 saturated carbocycles. The molecule has 0 unspecified atom stereocenters. The minimum atomic E-state index is -1.46. The maximum atomic E-state index is 11.3. The van der Waals surface area contributed by atoms with E-state index in [1.807, 2.05) is 0 Å². The lowest BCUT2D eigenvalue weighted by Crippen LogP contribution is -2.28. The van der Waals surface area contributed by atoms with E-state index in [1.54, 1.807) is 6.92 Å². The standard InChI is InChI=1S/C9H10N2O4/c1-3-4(2)11-8(13)6(9(14)15)5(3)7(10)12/h1-2H3,(H2,10,12)(H,11,13)(H,14,15). The second-order valence-corrected chi connectivity index (χ2v) is 3.12. The van der Waals surface area contributed by atoms with Gasteiger partial charge >= 0.3 is 5.97 Å². The highest BCUT2D eigenvalue weighted by molar-refractivity contribution is 6.05. The molecule has 6 nitrogen and oxygen atoms in total. The molecule has 0 saturated heterocycles. The molecule has 6 heteroatoms. The molecule has 0 atom stereocenters. The molecule has 0 aromatic carbocycles. The number of nitrogens with one attached hydrogen (secondary N) is 1. The van der Waals surface area contributed by atoms with E-state index >= 15 is 0 Å². The van der Waals surface area contributed by atoms with Crippen LogP contribution in [-0.4, -0.2) is 22.0 Å². The Morgan fingerprint density at radius 1 is 1.27 bits per heavy atom. The van der Waals surface area contributed by atoms with Crippen molar-refractivity contribution in [2.75, 3.05) is 0 Å². The van der Waals surface area contributed by atoms with Crippen molar-refractivity contribution in [3.8, 4) is 0 Å². The lowest BCUT2D eigenvalue weighted by Gasteiger charge is -2.07. The number of aromatic carboxylic acids is 1. The van der Waals surface area contributed by atoms with E-state index in [4.69, 9.17) is 10.8 Å². The molecule has 1 heterocycles. The number of amides is 1. The minimum Gasteiger partial charge on any atom is -0.477 e. The summed E-state index contributed by atoms with van der Waals surface area (Å²) in [6.07, 6.45) is 0. The van der Waals surface area contributed by atoms with Gasteiger partial charge in [0.05, 0.1) is 5.56 Å². The van der Waals surface area contributed by atoms with E-state index in [0.717, 1.165) is 0 Å². The Morgan fingerprint density at radius 2 is 1.80 bits per heavy atom. The minimum absolute atomic E-state index is 0.233. The van der Waals surface area contributed by atoms with Gasteiger partial charge in [0, 0.05) is 5.69 Å². The number of carbonyl (C=O) groups excluding carboxylic acids is 1. The van der Waals surface area contributed by atoms with Gasteiger partial charge < -0.3 is 15.8 Å². The number of hydrogen-bond donors (Lipinski definition) is 3. The fraction of sp³-hybridized carbons (Fsp3) is 0.222. The molecule has 0 aliphatic rings. The number of aromatic amines is 1. The number of pyridine rings is 1. The highest BCUT2D eigenvalue weighted by atomic mass is 16.4. The van der Waals surface area contributed by atoms with Crippen LogP contribution in [0.1, 0.15) is 32.0 Å². The summed E-state index contributed by atoms with van der Waals surface area (Å²) in [6.45, 7) is 3.09. The summed E-state index contributed by atoms with van der Waals surface area (Å²) in [5.74, 6) is -2.38. The van der Waals surface area contributed by atoms with Crippen molar-refractivity contribution in [2.24, 2.45) is 5.73 Å². The van der Waals surface area contributed by atoms with Crippen LogP contribution in [0.3, 0.4) is 0 Å². The van der Waals surface area contributed by atoms with E-state index in [1.165, 1.54) is 6.92 Å². The van der Waals surface area contributed by atoms with Crippen molar-refractivity contribution in [1.29, 1.82) is 0 Å². The van der Waals surface area contributed by atoms with Gasteiger partial charge in [-0.25, -0.2) is 4.79 Å². The summed E-state index contributed by atoms with van der Waals surface area (Å²) in [5, 5.41) is 8.78. The smallest absolute Gasteiger partial charge is 0.342 e. The molecule has 0 fully saturated rings. The Hall–Kier alpha value is -2.11. The van der Waals surface area contributed by atoms with Crippen molar-refractivity contribution in [3.05, 3.63) is 32.7 Å². The highest BCUT2D eigenvalue weighted by Crippen LogP contribution is 2.12. The number of aryl methyl sites for hydroxylation is 1. The number of aromatic nitrogens is 1. The van der Waals surface area contributed by atoms with Gasteiger partial charge in [-0.1, -0.05) is 0 Å². The summed E-state index contributed by atoms with van der Waals surface area (Å²) in [6, 6.07) is 0. The third-order valence-electron chi connectivity index (χ3n) is 2.18. The molecule has 15 heavy (non-hydrogen) atoms. The van der Waals surface area contributed by atoms with Gasteiger partial charge in [0.2, 0.25) is 5.91 Å². The number of rotatable bonds is 2. The van der Waals surface area contributed by atoms with Crippen LogP contribution in [0.15, 0.2) is 4.79 Å². The average molecular weight is 210 g/mol. The summed E-state index contributed by atoms with van der Waals surface area (Å²) in [7, 11) is 0. The summed E-state index contributed by atoms with van der Waals surface area (Å²) >= 11 is 0. The van der Waals surface area contributed by atoms with Crippen LogP contribution in [-0.2, 0) is 0 Å². The van der Waals surface area contributed by atoms with Crippen molar-refractivity contribution < 1.29 is 14.7 Å². The highest BCUT2D eigenvalue weighted by Gasteiger charge is 2.22. The lowest BCUT2D eigenvalue weighted by molar-refractivity contribution is 0.0689. The van der Waals surface area contributed by atoms with E-state index in [0.29, 0.717) is 11.3 Å². The first-order valence-corrected chi connectivity index (χ1v) is 4.12. The quantitative estimate of drug-likeness (QED) is 0.626. The number of carboxylic acid groups (broad SMARTS) is 1. The molecule has 0 aliphatic heterocycles. The largest absolute Gasteiger partial charge is 0.477 e. The third-order valence-corrected chi connectivity index (χ3v) is 2.18. The van der Waals surface area contributed by atoms with Gasteiger partial charge in [-0.15, -0.1) is 0 Å². The molecule has 80 valence electrons. The van der Waals surface area contributed by atoms with Crippen LogP contribution in [0, 0.1) is 13.8 Å². The number of H-pyrrole nitrogens is 1. The van der Waals surface area contributed by atoms with Crippen molar-refractivity contribution in [1.82, 2.24) is 4.98 Å². The van der Waals surface area contributed by atoms with E-state index < -0.39 is 23.0 Å².